The molecule has 0 N–H and O–H groups in total. The van der Waals surface area contributed by atoms with Crippen molar-refractivity contribution < 1.29 is 0 Å². The molecular weight excluding hydrogens is 144 g/mol. The summed E-state index contributed by atoms with van der Waals surface area (Å²) in [4.78, 5) is 0. The van der Waals surface area contributed by atoms with Crippen LogP contribution >= 0.6 is 0 Å². The first-order chi connectivity index (χ1) is 5.63. The third-order valence-corrected chi connectivity index (χ3v) is 2.15. The molecular formula is C12H16. The first-order valence-corrected chi connectivity index (χ1v) is 4.32. The van der Waals surface area contributed by atoms with Gasteiger partial charge in [0.25, 0.3) is 0 Å². The maximum atomic E-state index is 3.99. The van der Waals surface area contributed by atoms with Crippen LogP contribution in [-0.4, -0.2) is 0 Å². The molecule has 1 aliphatic rings. The van der Waals surface area contributed by atoms with E-state index in [1.807, 2.05) is 0 Å². The van der Waals surface area contributed by atoms with Gasteiger partial charge in [0.1, 0.15) is 0 Å². The van der Waals surface area contributed by atoms with Crippen molar-refractivity contribution in [3.63, 3.8) is 0 Å². The molecule has 0 aromatic carbocycles. The van der Waals surface area contributed by atoms with Gasteiger partial charge in [0.2, 0.25) is 0 Å². The lowest BCUT2D eigenvalue weighted by atomic mass is 9.96. The van der Waals surface area contributed by atoms with E-state index < -0.39 is 0 Å². The summed E-state index contributed by atoms with van der Waals surface area (Å²) in [6.07, 6.45) is 7.51. The molecule has 1 rings (SSSR count). The summed E-state index contributed by atoms with van der Waals surface area (Å²) >= 11 is 0. The lowest BCUT2D eigenvalue weighted by Gasteiger charge is -2.09. The second kappa shape index (κ2) is 3.57. The Bertz CT molecular complexity index is 285. The molecule has 0 atom stereocenters. The number of hydrogen-bond acceptors (Lipinski definition) is 0. The fourth-order valence-corrected chi connectivity index (χ4v) is 1.68. The van der Waals surface area contributed by atoms with Crippen LogP contribution in [0.2, 0.25) is 0 Å². The van der Waals surface area contributed by atoms with E-state index in [4.69, 9.17) is 0 Å². The van der Waals surface area contributed by atoms with Gasteiger partial charge >= 0.3 is 0 Å². The highest BCUT2D eigenvalue weighted by Gasteiger charge is 2.06. The first kappa shape index (κ1) is 9.05. The van der Waals surface area contributed by atoms with Crippen LogP contribution < -0.4 is 0 Å². The number of allylic oxidation sites excluding steroid dienone is 7. The van der Waals surface area contributed by atoms with Gasteiger partial charge in [0, 0.05) is 0 Å². The van der Waals surface area contributed by atoms with Crippen LogP contribution in [0.25, 0.3) is 0 Å². The lowest BCUT2D eigenvalue weighted by molar-refractivity contribution is 1.15. The number of hydrogen-bond donors (Lipinski definition) is 0. The van der Waals surface area contributed by atoms with Crippen molar-refractivity contribution in [2.45, 2.75) is 27.2 Å². The molecule has 0 heterocycles. The highest BCUT2D eigenvalue weighted by molar-refractivity contribution is 5.49. The van der Waals surface area contributed by atoms with Gasteiger partial charge in [0.15, 0.2) is 0 Å². The van der Waals surface area contributed by atoms with Gasteiger partial charge in [-0.2, -0.15) is 0 Å². The molecule has 0 aliphatic heterocycles. The molecule has 1 aliphatic carbocycles. The summed E-state index contributed by atoms with van der Waals surface area (Å²) in [5.41, 5.74) is 5.27. The molecule has 64 valence electrons. The van der Waals surface area contributed by atoms with Crippen molar-refractivity contribution in [3.8, 4) is 0 Å². The van der Waals surface area contributed by atoms with Gasteiger partial charge in [-0.25, -0.2) is 0 Å². The zero-order valence-corrected chi connectivity index (χ0v) is 8.15. The van der Waals surface area contributed by atoms with Gasteiger partial charge in [-0.15, -0.1) is 0 Å². The van der Waals surface area contributed by atoms with E-state index in [1.165, 1.54) is 22.3 Å². The van der Waals surface area contributed by atoms with Gasteiger partial charge < -0.3 is 0 Å². The largest absolute Gasteiger partial charge is 0.0955 e. The molecule has 0 amide bonds. The Morgan fingerprint density at radius 1 is 1.42 bits per heavy atom. The van der Waals surface area contributed by atoms with E-state index in [-0.39, 0.29) is 0 Å². The second-order valence-corrected chi connectivity index (χ2v) is 3.42. The minimum Gasteiger partial charge on any atom is -0.0955 e. The summed E-state index contributed by atoms with van der Waals surface area (Å²) in [5, 5.41) is 0. The molecule has 0 bridgehead atoms. The van der Waals surface area contributed by atoms with Crippen LogP contribution in [0.3, 0.4) is 0 Å². The highest BCUT2D eigenvalue weighted by atomic mass is 14.1. The topological polar surface area (TPSA) is 0 Å². The maximum absolute atomic E-state index is 3.99. The number of rotatable bonds is 1. The normalized spacial score (nSPS) is 17.4. The predicted molar refractivity (Wildman–Crippen MR) is 55.0 cm³/mol. The summed E-state index contributed by atoms with van der Waals surface area (Å²) in [6.45, 7) is 10.4. The Kier molecular flexibility index (Phi) is 2.69. The molecule has 0 aromatic rings. The minimum atomic E-state index is 1.05. The van der Waals surface area contributed by atoms with E-state index in [0.29, 0.717) is 0 Å². The predicted octanol–water partition coefficient (Wildman–Crippen LogP) is 3.79. The summed E-state index contributed by atoms with van der Waals surface area (Å²) in [6, 6.07) is 0. The molecule has 0 saturated carbocycles. The molecule has 12 heavy (non-hydrogen) atoms. The second-order valence-electron chi connectivity index (χ2n) is 3.42. The van der Waals surface area contributed by atoms with Crippen LogP contribution in [0.1, 0.15) is 27.2 Å². The standard InChI is InChI=1S/C12H16/c1-9(2)12-10(3)7-5-6-8-11(12)4/h5-7H,1,8H2,2-4H3. The van der Waals surface area contributed by atoms with E-state index >= 15 is 0 Å². The average molecular weight is 160 g/mol. The van der Waals surface area contributed by atoms with Crippen molar-refractivity contribution in [1.29, 1.82) is 0 Å². The lowest BCUT2D eigenvalue weighted by Crippen LogP contribution is -1.90. The monoisotopic (exact) mass is 160 g/mol. The summed E-state index contributed by atoms with van der Waals surface area (Å²) in [5.74, 6) is 0. The Labute approximate surface area is 75.0 Å². The molecule has 0 heteroatoms. The maximum Gasteiger partial charge on any atom is -0.0129 e. The summed E-state index contributed by atoms with van der Waals surface area (Å²) in [7, 11) is 0. The molecule has 0 saturated heterocycles. The smallest absolute Gasteiger partial charge is 0.0129 e. The van der Waals surface area contributed by atoms with Crippen molar-refractivity contribution in [1.82, 2.24) is 0 Å². The fourth-order valence-electron chi connectivity index (χ4n) is 1.68. The zero-order chi connectivity index (χ0) is 9.14. The molecule has 0 fully saturated rings. The van der Waals surface area contributed by atoms with E-state index in [2.05, 4.69) is 45.6 Å². The van der Waals surface area contributed by atoms with E-state index in [1.54, 1.807) is 0 Å². The fraction of sp³-hybridized carbons (Fsp3) is 0.333. The third kappa shape index (κ3) is 1.76. The van der Waals surface area contributed by atoms with Crippen LogP contribution in [0.4, 0.5) is 0 Å². The van der Waals surface area contributed by atoms with Crippen LogP contribution in [0, 0.1) is 0 Å². The van der Waals surface area contributed by atoms with Crippen LogP contribution in [0.5, 0.6) is 0 Å². The Balaban J connectivity index is 3.14. The highest BCUT2D eigenvalue weighted by Crippen LogP contribution is 2.25. The van der Waals surface area contributed by atoms with Crippen molar-refractivity contribution in [2.24, 2.45) is 0 Å². The quantitative estimate of drug-likeness (QED) is 0.547. The minimum absolute atomic E-state index is 1.05. The summed E-state index contributed by atoms with van der Waals surface area (Å²) < 4.78 is 0. The first-order valence-electron chi connectivity index (χ1n) is 4.32. The Hall–Kier alpha value is -1.04. The van der Waals surface area contributed by atoms with Crippen LogP contribution in [0.15, 0.2) is 47.1 Å². The van der Waals surface area contributed by atoms with Gasteiger partial charge in [-0.1, -0.05) is 36.0 Å². The van der Waals surface area contributed by atoms with E-state index in [9.17, 15) is 0 Å². The molecule has 0 radical (unpaired) electrons. The average Bonchev–Trinajstić information content (AvgIpc) is 2.11. The van der Waals surface area contributed by atoms with Gasteiger partial charge in [0.05, 0.1) is 0 Å². The van der Waals surface area contributed by atoms with Crippen molar-refractivity contribution in [2.75, 3.05) is 0 Å². The zero-order valence-electron chi connectivity index (χ0n) is 8.15. The molecule has 0 nitrogen and oxygen atoms in total. The Morgan fingerprint density at radius 2 is 2.08 bits per heavy atom. The molecule has 0 aromatic heterocycles. The van der Waals surface area contributed by atoms with Crippen LogP contribution in [-0.2, 0) is 0 Å². The molecule has 0 unspecified atom stereocenters. The van der Waals surface area contributed by atoms with Crippen molar-refractivity contribution in [3.05, 3.63) is 47.1 Å². The van der Waals surface area contributed by atoms with Gasteiger partial charge in [-0.3, -0.25) is 0 Å². The SMILES string of the molecule is C=C(C)C1=C(C)CC=CC=C1C. The molecule has 0 spiro atoms. The Morgan fingerprint density at radius 3 is 2.67 bits per heavy atom. The van der Waals surface area contributed by atoms with E-state index in [0.717, 1.165) is 6.42 Å². The third-order valence-electron chi connectivity index (χ3n) is 2.15. The van der Waals surface area contributed by atoms with Crippen molar-refractivity contribution >= 4 is 0 Å². The van der Waals surface area contributed by atoms with Gasteiger partial charge in [-0.05, 0) is 38.3 Å².